The zero-order valence-electron chi connectivity index (χ0n) is 9.92. The van der Waals surface area contributed by atoms with E-state index in [2.05, 4.69) is 33.8 Å². The number of anilines is 1. The van der Waals surface area contributed by atoms with Gasteiger partial charge in [-0.25, -0.2) is 0 Å². The molecule has 0 bridgehead atoms. The van der Waals surface area contributed by atoms with Gasteiger partial charge in [-0.1, -0.05) is 12.1 Å². The smallest absolute Gasteiger partial charge is 0.101 e. The molecular weight excluding hydrogens is 210 g/mol. The van der Waals surface area contributed by atoms with Crippen molar-refractivity contribution >= 4 is 11.5 Å². The SMILES string of the molecule is c1cc2c(cc1CC1=NCCN1)NCC21CC1. The molecule has 88 valence electrons. The van der Waals surface area contributed by atoms with Crippen LogP contribution in [-0.4, -0.2) is 25.5 Å². The highest BCUT2D eigenvalue weighted by molar-refractivity contribution is 5.86. The van der Waals surface area contributed by atoms with Gasteiger partial charge in [-0.2, -0.15) is 0 Å². The van der Waals surface area contributed by atoms with E-state index in [1.54, 1.807) is 5.56 Å². The predicted molar refractivity (Wildman–Crippen MR) is 69.9 cm³/mol. The highest BCUT2D eigenvalue weighted by Crippen LogP contribution is 2.54. The van der Waals surface area contributed by atoms with Crippen LogP contribution in [0.1, 0.15) is 24.0 Å². The highest BCUT2D eigenvalue weighted by atomic mass is 15.1. The molecule has 4 rings (SSSR count). The molecule has 3 heteroatoms. The van der Waals surface area contributed by atoms with E-state index >= 15 is 0 Å². The lowest BCUT2D eigenvalue weighted by Gasteiger charge is -2.08. The fourth-order valence-electron chi connectivity index (χ4n) is 3.03. The molecule has 2 aliphatic heterocycles. The number of hydrogen-bond acceptors (Lipinski definition) is 3. The Bertz CT molecular complexity index is 500. The molecule has 2 heterocycles. The second-order valence-electron chi connectivity index (χ2n) is 5.45. The molecule has 2 N–H and O–H groups in total. The van der Waals surface area contributed by atoms with Crippen molar-refractivity contribution in [3.63, 3.8) is 0 Å². The maximum Gasteiger partial charge on any atom is 0.101 e. The van der Waals surface area contributed by atoms with Gasteiger partial charge in [-0.3, -0.25) is 4.99 Å². The van der Waals surface area contributed by atoms with E-state index in [-0.39, 0.29) is 0 Å². The van der Waals surface area contributed by atoms with Gasteiger partial charge in [0.2, 0.25) is 0 Å². The Morgan fingerprint density at radius 2 is 2.18 bits per heavy atom. The zero-order valence-corrected chi connectivity index (χ0v) is 9.92. The number of aliphatic imine (C=N–C) groups is 1. The van der Waals surface area contributed by atoms with Crippen molar-refractivity contribution in [3.05, 3.63) is 29.3 Å². The Kier molecular flexibility index (Phi) is 1.82. The molecule has 1 aromatic carbocycles. The third kappa shape index (κ3) is 1.45. The van der Waals surface area contributed by atoms with Crippen LogP contribution < -0.4 is 10.6 Å². The zero-order chi connectivity index (χ0) is 11.3. The molecule has 1 aliphatic carbocycles. The van der Waals surface area contributed by atoms with Gasteiger partial charge in [-0.15, -0.1) is 0 Å². The van der Waals surface area contributed by atoms with Crippen LogP contribution in [0.4, 0.5) is 5.69 Å². The van der Waals surface area contributed by atoms with Crippen LogP contribution in [0.2, 0.25) is 0 Å². The molecule has 0 radical (unpaired) electrons. The summed E-state index contributed by atoms with van der Waals surface area (Å²) in [5.41, 5.74) is 4.78. The molecule has 3 nitrogen and oxygen atoms in total. The van der Waals surface area contributed by atoms with Crippen molar-refractivity contribution in [3.8, 4) is 0 Å². The average molecular weight is 227 g/mol. The van der Waals surface area contributed by atoms with Crippen LogP contribution in [0.15, 0.2) is 23.2 Å². The summed E-state index contributed by atoms with van der Waals surface area (Å²) in [6, 6.07) is 6.91. The van der Waals surface area contributed by atoms with Crippen LogP contribution in [0.25, 0.3) is 0 Å². The summed E-state index contributed by atoms with van der Waals surface area (Å²) in [6.07, 6.45) is 3.67. The van der Waals surface area contributed by atoms with E-state index in [9.17, 15) is 0 Å². The van der Waals surface area contributed by atoms with Crippen molar-refractivity contribution in [1.29, 1.82) is 0 Å². The van der Waals surface area contributed by atoms with Gasteiger partial charge < -0.3 is 10.6 Å². The molecule has 0 aromatic heterocycles. The first-order chi connectivity index (χ1) is 8.36. The summed E-state index contributed by atoms with van der Waals surface area (Å²) in [6.45, 7) is 3.08. The molecule has 1 spiro atoms. The molecule has 0 amide bonds. The number of rotatable bonds is 2. The normalized spacial score (nSPS) is 22.9. The maximum absolute atomic E-state index is 4.45. The first-order valence-corrected chi connectivity index (χ1v) is 6.50. The van der Waals surface area contributed by atoms with Gasteiger partial charge in [0, 0.05) is 30.6 Å². The monoisotopic (exact) mass is 227 g/mol. The summed E-state index contributed by atoms with van der Waals surface area (Å²) in [5.74, 6) is 1.14. The Morgan fingerprint density at radius 3 is 2.94 bits per heavy atom. The Hall–Kier alpha value is -1.51. The molecule has 1 aromatic rings. The van der Waals surface area contributed by atoms with Crippen molar-refractivity contribution in [2.24, 2.45) is 4.99 Å². The number of amidine groups is 1. The third-order valence-electron chi connectivity index (χ3n) is 4.24. The molecule has 1 saturated carbocycles. The first kappa shape index (κ1) is 9.51. The number of nitrogens with one attached hydrogen (secondary N) is 2. The van der Waals surface area contributed by atoms with Gasteiger partial charge in [0.1, 0.15) is 5.84 Å². The number of hydrogen-bond donors (Lipinski definition) is 2. The summed E-state index contributed by atoms with van der Waals surface area (Å²) in [5, 5.41) is 6.89. The van der Waals surface area contributed by atoms with Crippen LogP contribution in [0.3, 0.4) is 0 Å². The topological polar surface area (TPSA) is 36.4 Å². The van der Waals surface area contributed by atoms with Gasteiger partial charge in [0.15, 0.2) is 0 Å². The van der Waals surface area contributed by atoms with Crippen LogP contribution in [0, 0.1) is 0 Å². The molecular formula is C14H17N3. The number of benzene rings is 1. The second kappa shape index (κ2) is 3.25. The summed E-state index contributed by atoms with van der Waals surface area (Å²) in [7, 11) is 0. The summed E-state index contributed by atoms with van der Waals surface area (Å²) >= 11 is 0. The van der Waals surface area contributed by atoms with Crippen LogP contribution >= 0.6 is 0 Å². The quantitative estimate of drug-likeness (QED) is 0.806. The van der Waals surface area contributed by atoms with Gasteiger partial charge in [0.25, 0.3) is 0 Å². The highest BCUT2D eigenvalue weighted by Gasteiger charge is 2.48. The van der Waals surface area contributed by atoms with E-state index in [1.807, 2.05) is 0 Å². The molecule has 0 unspecified atom stereocenters. The fraction of sp³-hybridized carbons (Fsp3) is 0.500. The molecule has 0 atom stereocenters. The summed E-state index contributed by atoms with van der Waals surface area (Å²) in [4.78, 5) is 4.45. The lowest BCUT2D eigenvalue weighted by molar-refractivity contribution is 0.777. The predicted octanol–water partition coefficient (Wildman–Crippen LogP) is 1.69. The Balaban J connectivity index is 1.62. The fourth-order valence-corrected chi connectivity index (χ4v) is 3.03. The van der Waals surface area contributed by atoms with Gasteiger partial charge in [-0.05, 0) is 30.0 Å². The average Bonchev–Trinajstić information content (AvgIpc) is 2.79. The first-order valence-electron chi connectivity index (χ1n) is 6.50. The van der Waals surface area contributed by atoms with Crippen molar-refractivity contribution in [2.45, 2.75) is 24.7 Å². The molecule has 17 heavy (non-hydrogen) atoms. The van der Waals surface area contributed by atoms with Gasteiger partial charge in [0.05, 0.1) is 6.54 Å². The van der Waals surface area contributed by atoms with Gasteiger partial charge >= 0.3 is 0 Å². The minimum atomic E-state index is 0.511. The molecule has 0 saturated heterocycles. The Morgan fingerprint density at radius 1 is 1.24 bits per heavy atom. The van der Waals surface area contributed by atoms with E-state index in [0.717, 1.165) is 31.9 Å². The maximum atomic E-state index is 4.45. The molecule has 3 aliphatic rings. The van der Waals surface area contributed by atoms with E-state index < -0.39 is 0 Å². The summed E-state index contributed by atoms with van der Waals surface area (Å²) < 4.78 is 0. The molecule has 1 fully saturated rings. The number of nitrogens with zero attached hydrogens (tertiary/aromatic N) is 1. The van der Waals surface area contributed by atoms with Crippen molar-refractivity contribution < 1.29 is 0 Å². The Labute approximate surface area is 101 Å². The van der Waals surface area contributed by atoms with Crippen molar-refractivity contribution in [1.82, 2.24) is 5.32 Å². The standard InChI is InChI=1S/C14H17N3/c1-2-11-12(17-9-14(11)3-4-14)7-10(1)8-13-15-5-6-16-13/h1-2,7,17H,3-6,8-9H2,(H,15,16). The minimum Gasteiger partial charge on any atom is -0.384 e. The second-order valence-corrected chi connectivity index (χ2v) is 5.45. The van der Waals surface area contributed by atoms with Crippen LogP contribution in [-0.2, 0) is 11.8 Å². The number of fused-ring (bicyclic) bond motifs is 2. The lowest BCUT2D eigenvalue weighted by atomic mass is 9.96. The van der Waals surface area contributed by atoms with E-state index in [4.69, 9.17) is 0 Å². The van der Waals surface area contributed by atoms with E-state index in [1.165, 1.54) is 24.1 Å². The van der Waals surface area contributed by atoms with E-state index in [0.29, 0.717) is 5.41 Å². The largest absolute Gasteiger partial charge is 0.384 e. The van der Waals surface area contributed by atoms with Crippen molar-refractivity contribution in [2.75, 3.05) is 25.0 Å². The third-order valence-corrected chi connectivity index (χ3v) is 4.24. The lowest BCUT2D eigenvalue weighted by Crippen LogP contribution is -2.20. The van der Waals surface area contributed by atoms with Crippen LogP contribution in [0.5, 0.6) is 0 Å². The minimum absolute atomic E-state index is 0.511.